The second-order valence-corrected chi connectivity index (χ2v) is 7.06. The van der Waals surface area contributed by atoms with Gasteiger partial charge < -0.3 is 10.1 Å². The van der Waals surface area contributed by atoms with Gasteiger partial charge in [-0.25, -0.2) is 4.13 Å². The zero-order valence-corrected chi connectivity index (χ0v) is 13.7. The molecule has 1 saturated heterocycles. The van der Waals surface area contributed by atoms with Gasteiger partial charge in [0.15, 0.2) is 0 Å². The Labute approximate surface area is 134 Å². The van der Waals surface area contributed by atoms with E-state index < -0.39 is 5.51 Å². The average Bonchev–Trinajstić information content (AvgIpc) is 2.80. The third-order valence-electron chi connectivity index (χ3n) is 2.36. The molecule has 1 aliphatic rings. The van der Waals surface area contributed by atoms with Crippen LogP contribution in [0.5, 0.6) is 0 Å². The maximum Gasteiger partial charge on any atom is 0.456 e. The Morgan fingerprint density at radius 3 is 2.67 bits per heavy atom. The third-order valence-corrected chi connectivity index (χ3v) is 4.79. The van der Waals surface area contributed by atoms with Gasteiger partial charge in [-0.05, 0) is 6.42 Å². The summed E-state index contributed by atoms with van der Waals surface area (Å²) in [6, 6.07) is -0.189. The van der Waals surface area contributed by atoms with Gasteiger partial charge in [0.2, 0.25) is 0 Å². The lowest BCUT2D eigenvalue weighted by molar-refractivity contribution is -0.139. The Bertz CT molecular complexity index is 311. The highest BCUT2D eigenvalue weighted by atomic mass is 32.2. The van der Waals surface area contributed by atoms with Crippen molar-refractivity contribution in [3.8, 4) is 0 Å². The van der Waals surface area contributed by atoms with Gasteiger partial charge in [-0.1, -0.05) is 23.9 Å². The molecule has 0 aromatic rings. The van der Waals surface area contributed by atoms with Crippen molar-refractivity contribution in [3.05, 3.63) is 0 Å². The molecule has 1 aliphatic heterocycles. The molecule has 5 nitrogen and oxygen atoms in total. The van der Waals surface area contributed by atoms with Crippen LogP contribution in [0, 0.1) is 0 Å². The third kappa shape index (κ3) is 10.5. The minimum absolute atomic E-state index is 0.189. The summed E-state index contributed by atoms with van der Waals surface area (Å²) in [4.78, 5) is 11.1. The molecular weight excluding hydrogens is 347 g/mol. The van der Waals surface area contributed by atoms with Crippen LogP contribution >= 0.6 is 35.8 Å². The average molecular weight is 365 g/mol. The van der Waals surface area contributed by atoms with Crippen LogP contribution in [-0.2, 0) is 9.53 Å². The number of rotatable bonds is 11. The van der Waals surface area contributed by atoms with Crippen molar-refractivity contribution in [1.82, 2.24) is 14.2 Å². The van der Waals surface area contributed by atoms with Crippen molar-refractivity contribution in [1.29, 1.82) is 0 Å². The van der Waals surface area contributed by atoms with E-state index in [1.54, 1.807) is 0 Å². The topological polar surface area (TPSA) is 62.4 Å². The van der Waals surface area contributed by atoms with Gasteiger partial charge in [0.25, 0.3) is 0 Å². The quantitative estimate of drug-likeness (QED) is 0.292. The molecule has 1 heterocycles. The van der Waals surface area contributed by atoms with E-state index in [9.17, 15) is 18.0 Å². The second kappa shape index (κ2) is 10.8. The van der Waals surface area contributed by atoms with Crippen molar-refractivity contribution in [3.63, 3.8) is 0 Å². The Morgan fingerprint density at radius 2 is 2.00 bits per heavy atom. The van der Waals surface area contributed by atoms with Crippen LogP contribution < -0.4 is 14.2 Å². The number of ether oxygens (including phenoxy) is 1. The van der Waals surface area contributed by atoms with Gasteiger partial charge in [-0.15, -0.1) is 0 Å². The number of cyclic esters (lactones) is 1. The van der Waals surface area contributed by atoms with E-state index in [1.165, 1.54) is 11.9 Å². The lowest BCUT2D eigenvalue weighted by atomic mass is 10.2. The van der Waals surface area contributed by atoms with Crippen LogP contribution in [0.1, 0.15) is 12.8 Å². The Hall–Kier alpha value is 0.190. The molecular formula is C10H18F3N3O2S3. The zero-order chi connectivity index (χ0) is 15.6. The first-order valence-corrected chi connectivity index (χ1v) is 9.14. The molecule has 11 heteroatoms. The number of esters is 1. The molecule has 0 spiro atoms. The fraction of sp³-hybridized carbons (Fsp3) is 0.900. The summed E-state index contributed by atoms with van der Waals surface area (Å²) in [5.74, 6) is 1.24. The van der Waals surface area contributed by atoms with Crippen LogP contribution in [0.15, 0.2) is 0 Å². The summed E-state index contributed by atoms with van der Waals surface area (Å²) in [7, 11) is 0. The maximum atomic E-state index is 11.8. The second-order valence-electron chi connectivity index (χ2n) is 4.04. The van der Waals surface area contributed by atoms with Crippen LogP contribution in [0.4, 0.5) is 13.2 Å². The molecule has 0 bridgehead atoms. The molecule has 3 N–H and O–H groups in total. The van der Waals surface area contributed by atoms with E-state index in [0.29, 0.717) is 31.9 Å². The van der Waals surface area contributed by atoms with Crippen LogP contribution in [-0.4, -0.2) is 48.7 Å². The smallest absolute Gasteiger partial charge is 0.456 e. The number of nitrogens with one attached hydrogen (secondary N) is 3. The SMILES string of the molecule is O=C1OCCC1NCCNSCCCSNSC(F)(F)F. The molecule has 0 aromatic heterocycles. The summed E-state index contributed by atoms with van der Waals surface area (Å²) in [6.07, 6.45) is 1.52. The number of carbonyl (C=O) groups is 1. The molecule has 21 heavy (non-hydrogen) atoms. The summed E-state index contributed by atoms with van der Waals surface area (Å²) in [6.45, 7) is 1.87. The largest absolute Gasteiger partial charge is 0.464 e. The molecule has 0 saturated carbocycles. The number of carbonyl (C=O) groups excluding carboxylic acids is 1. The zero-order valence-electron chi connectivity index (χ0n) is 11.2. The Morgan fingerprint density at radius 1 is 1.24 bits per heavy atom. The molecule has 0 aromatic carbocycles. The fourth-order valence-corrected chi connectivity index (χ4v) is 3.54. The van der Waals surface area contributed by atoms with Crippen LogP contribution in [0.3, 0.4) is 0 Å². The number of halogens is 3. The first-order chi connectivity index (χ1) is 9.99. The Balaban J connectivity index is 1.77. The van der Waals surface area contributed by atoms with E-state index in [-0.39, 0.29) is 24.0 Å². The van der Waals surface area contributed by atoms with E-state index in [2.05, 4.69) is 14.2 Å². The highest BCUT2D eigenvalue weighted by Crippen LogP contribution is 2.28. The standard InChI is InChI=1S/C10H18F3N3O2S3/c11-10(12,13)21-16-20-7-1-6-19-15-4-3-14-8-2-5-18-9(8)17/h8,14-16H,1-7H2. The molecule has 1 atom stereocenters. The van der Waals surface area contributed by atoms with E-state index in [0.717, 1.165) is 24.1 Å². The first-order valence-electron chi connectivity index (χ1n) is 6.35. The maximum absolute atomic E-state index is 11.8. The lowest BCUT2D eigenvalue weighted by Gasteiger charge is -2.09. The van der Waals surface area contributed by atoms with E-state index in [4.69, 9.17) is 4.74 Å². The highest BCUT2D eigenvalue weighted by molar-refractivity contribution is 8.13. The van der Waals surface area contributed by atoms with E-state index >= 15 is 0 Å². The van der Waals surface area contributed by atoms with Gasteiger partial charge in [-0.2, -0.15) is 13.2 Å². The lowest BCUT2D eigenvalue weighted by Crippen LogP contribution is -2.36. The minimum atomic E-state index is -4.23. The molecule has 124 valence electrons. The number of hydrogen-bond acceptors (Lipinski definition) is 8. The molecule has 0 amide bonds. The van der Waals surface area contributed by atoms with E-state index in [1.807, 2.05) is 0 Å². The monoisotopic (exact) mass is 365 g/mol. The minimum Gasteiger partial charge on any atom is -0.464 e. The van der Waals surface area contributed by atoms with Crippen molar-refractivity contribution in [2.75, 3.05) is 31.2 Å². The summed E-state index contributed by atoms with van der Waals surface area (Å²) in [5.41, 5.74) is -4.23. The van der Waals surface area contributed by atoms with Gasteiger partial charge in [0, 0.05) is 43.0 Å². The number of hydrogen-bond donors (Lipinski definition) is 3. The van der Waals surface area contributed by atoms with Gasteiger partial charge in [0.1, 0.15) is 6.04 Å². The molecule has 0 aliphatic carbocycles. The van der Waals surface area contributed by atoms with Crippen LogP contribution in [0.25, 0.3) is 0 Å². The molecule has 1 rings (SSSR count). The van der Waals surface area contributed by atoms with Gasteiger partial charge in [-0.3, -0.25) is 9.52 Å². The Kier molecular flexibility index (Phi) is 9.93. The van der Waals surface area contributed by atoms with Crippen molar-refractivity contribution < 1.29 is 22.7 Å². The molecule has 0 radical (unpaired) electrons. The number of alkyl halides is 3. The van der Waals surface area contributed by atoms with Crippen LogP contribution in [0.2, 0.25) is 0 Å². The predicted octanol–water partition coefficient (Wildman–Crippen LogP) is 1.93. The summed E-state index contributed by atoms with van der Waals surface area (Å²) < 4.78 is 45.5. The molecule has 1 unspecified atom stereocenters. The predicted molar refractivity (Wildman–Crippen MR) is 81.7 cm³/mol. The first kappa shape index (κ1) is 19.2. The normalized spacial score (nSPS) is 19.0. The molecule has 1 fully saturated rings. The summed E-state index contributed by atoms with van der Waals surface area (Å²) >= 11 is 2.34. The fourth-order valence-electron chi connectivity index (χ4n) is 1.44. The summed E-state index contributed by atoms with van der Waals surface area (Å²) in [5, 5.41) is 3.09. The van der Waals surface area contributed by atoms with Gasteiger partial charge in [0.05, 0.1) is 6.61 Å². The van der Waals surface area contributed by atoms with Crippen molar-refractivity contribution >= 4 is 41.8 Å². The van der Waals surface area contributed by atoms with Gasteiger partial charge >= 0.3 is 11.5 Å². The highest BCUT2D eigenvalue weighted by Gasteiger charge is 2.28. The van der Waals surface area contributed by atoms with Crippen molar-refractivity contribution in [2.45, 2.75) is 24.4 Å². The van der Waals surface area contributed by atoms with Crippen molar-refractivity contribution in [2.24, 2.45) is 0 Å².